The average Bonchev–Trinajstić information content (AvgIpc) is 3.26. The molecule has 2 amide bonds. The number of nitrogens with one attached hydrogen (secondary N) is 2. The van der Waals surface area contributed by atoms with Gasteiger partial charge in [0.1, 0.15) is 0 Å². The molecule has 2 heterocycles. The molecule has 162 valence electrons. The molecular weight excluding hydrogens is 388 g/mol. The molecule has 0 unspecified atom stereocenters. The zero-order valence-corrected chi connectivity index (χ0v) is 18.2. The summed E-state index contributed by atoms with van der Waals surface area (Å²) in [4.78, 5) is 27.9. The number of fused-ring (bicyclic) bond motifs is 1. The lowest BCUT2D eigenvalue weighted by Gasteiger charge is -2.16. The normalized spacial score (nSPS) is 14.3. The van der Waals surface area contributed by atoms with Crippen LogP contribution in [0.15, 0.2) is 59.5 Å². The molecule has 6 heteroatoms. The molecule has 0 aliphatic carbocycles. The number of pyridine rings is 1. The summed E-state index contributed by atoms with van der Waals surface area (Å²) in [5, 5.41) is 7.17. The molecule has 0 saturated carbocycles. The molecule has 0 bridgehead atoms. The third kappa shape index (κ3) is 5.14. The van der Waals surface area contributed by atoms with Crippen molar-refractivity contribution in [2.45, 2.75) is 39.8 Å². The van der Waals surface area contributed by atoms with Crippen LogP contribution in [-0.2, 0) is 13.1 Å². The number of carbonyl (C=O) groups excluding carboxylic acids is 1. The van der Waals surface area contributed by atoms with Crippen molar-refractivity contribution in [1.29, 1.82) is 0 Å². The van der Waals surface area contributed by atoms with Gasteiger partial charge in [-0.15, -0.1) is 0 Å². The van der Waals surface area contributed by atoms with Crippen molar-refractivity contribution >= 4 is 28.2 Å². The minimum absolute atomic E-state index is 0.0381. The van der Waals surface area contributed by atoms with Crippen LogP contribution in [0.2, 0.25) is 0 Å². The second-order valence-electron chi connectivity index (χ2n) is 8.70. The van der Waals surface area contributed by atoms with Crippen LogP contribution in [0.4, 0.5) is 16.2 Å². The highest BCUT2D eigenvalue weighted by Crippen LogP contribution is 2.21. The predicted octanol–water partition coefficient (Wildman–Crippen LogP) is 4.90. The van der Waals surface area contributed by atoms with E-state index in [0.717, 1.165) is 30.7 Å². The number of rotatable bonds is 6. The van der Waals surface area contributed by atoms with Gasteiger partial charge in [0.25, 0.3) is 5.56 Å². The van der Waals surface area contributed by atoms with Gasteiger partial charge in [0.15, 0.2) is 0 Å². The fraction of sp³-hybridized carbons (Fsp3) is 0.360. The van der Waals surface area contributed by atoms with Crippen LogP contribution in [0, 0.1) is 5.92 Å². The first-order valence-electron chi connectivity index (χ1n) is 11.0. The lowest BCUT2D eigenvalue weighted by Crippen LogP contribution is -2.25. The zero-order chi connectivity index (χ0) is 21.8. The van der Waals surface area contributed by atoms with E-state index in [1.54, 1.807) is 16.8 Å². The Morgan fingerprint density at radius 3 is 2.32 bits per heavy atom. The Morgan fingerprint density at radius 1 is 0.968 bits per heavy atom. The molecule has 1 aliphatic rings. The predicted molar refractivity (Wildman–Crippen MR) is 127 cm³/mol. The minimum Gasteiger partial charge on any atom is -0.313 e. The molecule has 0 spiro atoms. The van der Waals surface area contributed by atoms with Crippen molar-refractivity contribution in [3.63, 3.8) is 0 Å². The molecule has 6 nitrogen and oxygen atoms in total. The number of nitrogens with zero attached hydrogens (tertiary/aromatic N) is 2. The van der Waals surface area contributed by atoms with Gasteiger partial charge in [-0.3, -0.25) is 9.69 Å². The standard InChI is InChI=1S/C25H30N4O2/c1-18(2)15-29-17-23(21-7-3-4-8-22(21)24(29)30)27-25(31)26-20-11-9-19(10-12-20)16-28-13-5-6-14-28/h3-4,7-12,17-18H,5-6,13-16H2,1-2H3,(H2,26,27,31). The number of urea groups is 1. The Bertz CT molecular complexity index is 1110. The van der Waals surface area contributed by atoms with Crippen LogP contribution < -0.4 is 16.2 Å². The summed E-state index contributed by atoms with van der Waals surface area (Å²) in [5.41, 5.74) is 2.57. The molecule has 1 aliphatic heterocycles. The lowest BCUT2D eigenvalue weighted by atomic mass is 10.1. The number of anilines is 2. The quantitative estimate of drug-likeness (QED) is 0.598. The van der Waals surface area contributed by atoms with Crippen molar-refractivity contribution in [2.75, 3.05) is 23.7 Å². The van der Waals surface area contributed by atoms with Crippen LogP contribution in [-0.4, -0.2) is 28.6 Å². The smallest absolute Gasteiger partial charge is 0.313 e. The van der Waals surface area contributed by atoms with Crippen molar-refractivity contribution < 1.29 is 4.79 Å². The first kappa shape index (κ1) is 21.1. The molecule has 1 saturated heterocycles. The maximum atomic E-state index is 12.8. The SMILES string of the molecule is CC(C)Cn1cc(NC(=O)Nc2ccc(CN3CCCC3)cc2)c2ccccc2c1=O. The Hall–Kier alpha value is -3.12. The van der Waals surface area contributed by atoms with Gasteiger partial charge in [-0.2, -0.15) is 0 Å². The summed E-state index contributed by atoms with van der Waals surface area (Å²) >= 11 is 0. The average molecular weight is 419 g/mol. The van der Waals surface area contributed by atoms with Crippen molar-refractivity contribution in [2.24, 2.45) is 5.92 Å². The monoisotopic (exact) mass is 418 g/mol. The number of hydrogen-bond acceptors (Lipinski definition) is 3. The molecule has 0 atom stereocenters. The summed E-state index contributed by atoms with van der Waals surface area (Å²) < 4.78 is 1.68. The number of benzene rings is 2. The van der Waals surface area contributed by atoms with Crippen LogP contribution in [0.1, 0.15) is 32.3 Å². The van der Waals surface area contributed by atoms with Gasteiger partial charge in [0.2, 0.25) is 0 Å². The number of amides is 2. The number of aromatic nitrogens is 1. The number of likely N-dealkylation sites (tertiary alicyclic amines) is 1. The maximum Gasteiger partial charge on any atom is 0.323 e. The first-order valence-corrected chi connectivity index (χ1v) is 11.0. The van der Waals surface area contributed by atoms with Crippen LogP contribution in [0.3, 0.4) is 0 Å². The lowest BCUT2D eigenvalue weighted by molar-refractivity contribution is 0.262. The minimum atomic E-state index is -0.327. The fourth-order valence-corrected chi connectivity index (χ4v) is 4.15. The van der Waals surface area contributed by atoms with Gasteiger partial charge in [-0.1, -0.05) is 44.2 Å². The maximum absolute atomic E-state index is 12.8. The largest absolute Gasteiger partial charge is 0.323 e. The summed E-state index contributed by atoms with van der Waals surface area (Å²) in [5.74, 6) is 0.319. The van der Waals surface area contributed by atoms with Gasteiger partial charge in [-0.25, -0.2) is 4.79 Å². The number of carbonyl (C=O) groups is 1. The van der Waals surface area contributed by atoms with E-state index in [-0.39, 0.29) is 11.6 Å². The molecule has 2 aromatic carbocycles. The van der Waals surface area contributed by atoms with E-state index in [1.807, 2.05) is 30.3 Å². The van der Waals surface area contributed by atoms with Crippen LogP contribution in [0.5, 0.6) is 0 Å². The molecule has 2 N–H and O–H groups in total. The second kappa shape index (κ2) is 9.35. The molecule has 1 fully saturated rings. The van der Waals surface area contributed by atoms with Gasteiger partial charge < -0.3 is 15.2 Å². The van der Waals surface area contributed by atoms with Crippen LogP contribution >= 0.6 is 0 Å². The fourth-order valence-electron chi connectivity index (χ4n) is 4.15. The van der Waals surface area contributed by atoms with E-state index in [9.17, 15) is 9.59 Å². The Morgan fingerprint density at radius 2 is 1.65 bits per heavy atom. The van der Waals surface area contributed by atoms with Crippen LogP contribution in [0.25, 0.3) is 10.8 Å². The summed E-state index contributed by atoms with van der Waals surface area (Å²) in [6.07, 6.45) is 4.29. The highest BCUT2D eigenvalue weighted by atomic mass is 16.2. The molecule has 3 aromatic rings. The van der Waals surface area contributed by atoms with Gasteiger partial charge in [0, 0.05) is 35.7 Å². The molecule has 1 aromatic heterocycles. The summed E-state index contributed by atoms with van der Waals surface area (Å²) in [6, 6.07) is 15.0. The van der Waals surface area contributed by atoms with E-state index in [0.29, 0.717) is 23.5 Å². The third-order valence-electron chi connectivity index (χ3n) is 5.62. The van der Waals surface area contributed by atoms with Gasteiger partial charge in [-0.05, 0) is 55.6 Å². The van der Waals surface area contributed by atoms with E-state index in [4.69, 9.17) is 0 Å². The second-order valence-corrected chi connectivity index (χ2v) is 8.70. The third-order valence-corrected chi connectivity index (χ3v) is 5.62. The first-order chi connectivity index (χ1) is 15.0. The Balaban J connectivity index is 1.49. The van der Waals surface area contributed by atoms with Gasteiger partial charge in [0.05, 0.1) is 5.69 Å². The van der Waals surface area contributed by atoms with Crippen molar-refractivity contribution in [1.82, 2.24) is 9.47 Å². The zero-order valence-electron chi connectivity index (χ0n) is 18.2. The van der Waals surface area contributed by atoms with E-state index in [1.165, 1.54) is 18.4 Å². The molecular formula is C25H30N4O2. The Labute approximate surface area is 182 Å². The molecule has 0 radical (unpaired) electrons. The van der Waals surface area contributed by atoms with E-state index < -0.39 is 0 Å². The summed E-state index contributed by atoms with van der Waals surface area (Å²) in [6.45, 7) is 8.00. The van der Waals surface area contributed by atoms with Crippen molar-refractivity contribution in [3.8, 4) is 0 Å². The highest BCUT2D eigenvalue weighted by Gasteiger charge is 2.13. The summed E-state index contributed by atoms with van der Waals surface area (Å²) in [7, 11) is 0. The van der Waals surface area contributed by atoms with E-state index >= 15 is 0 Å². The number of hydrogen-bond donors (Lipinski definition) is 2. The van der Waals surface area contributed by atoms with Gasteiger partial charge >= 0.3 is 6.03 Å². The van der Waals surface area contributed by atoms with E-state index in [2.05, 4.69) is 41.5 Å². The topological polar surface area (TPSA) is 66.4 Å². The Kier molecular flexibility index (Phi) is 6.37. The van der Waals surface area contributed by atoms with Crippen molar-refractivity contribution in [3.05, 3.63) is 70.6 Å². The molecule has 4 rings (SSSR count). The molecule has 31 heavy (non-hydrogen) atoms. The highest BCUT2D eigenvalue weighted by molar-refractivity contribution is 6.05.